The Labute approximate surface area is 176 Å². The van der Waals surface area contributed by atoms with Gasteiger partial charge in [-0.15, -0.1) is 0 Å². The molecule has 0 aliphatic carbocycles. The van der Waals surface area contributed by atoms with Crippen LogP contribution in [0.15, 0.2) is 30.3 Å². The summed E-state index contributed by atoms with van der Waals surface area (Å²) in [5.74, 6) is -0.552. The molecule has 0 aromatic heterocycles. The number of unbranched alkanes of at least 4 members (excludes halogenated alkanes) is 1. The molecule has 0 unspecified atom stereocenters. The van der Waals surface area contributed by atoms with Crippen molar-refractivity contribution in [1.29, 1.82) is 0 Å². The van der Waals surface area contributed by atoms with Crippen molar-refractivity contribution in [1.82, 2.24) is 0 Å². The lowest BCUT2D eigenvalue weighted by Crippen LogP contribution is -2.08. The number of carboxylic acids is 1. The zero-order valence-corrected chi connectivity index (χ0v) is 18.0. The van der Waals surface area contributed by atoms with Crippen molar-refractivity contribution in [3.05, 3.63) is 58.4 Å². The molecule has 0 spiro atoms. The number of benzene rings is 2. The molecule has 5 nitrogen and oxygen atoms in total. The molecular weight excluding hydrogens is 387 g/mol. The molecule has 2 aromatic rings. The molecule has 30 heavy (non-hydrogen) atoms. The standard InChI is InChI=1S/C24H29FO5/c1-15(2)13-22(26)19-8-10-23(17(4)16(19)3)30-12-6-5-11-29-18-7-9-21(25)20(14-18)24(27)28/h7-10,14-15H,5-6,11-13H2,1-4H3,(H,27,28). The first-order valence-electron chi connectivity index (χ1n) is 10.1. The Kier molecular flexibility index (Phi) is 8.39. The quantitative estimate of drug-likeness (QED) is 0.381. The van der Waals surface area contributed by atoms with Gasteiger partial charge in [0.15, 0.2) is 5.78 Å². The Balaban J connectivity index is 1.81. The second-order valence-corrected chi connectivity index (χ2v) is 7.73. The number of ketones is 1. The summed E-state index contributed by atoms with van der Waals surface area (Å²) in [6, 6.07) is 7.36. The van der Waals surface area contributed by atoms with Crippen LogP contribution in [-0.4, -0.2) is 30.1 Å². The van der Waals surface area contributed by atoms with Crippen LogP contribution >= 0.6 is 0 Å². The van der Waals surface area contributed by atoms with Gasteiger partial charge in [0, 0.05) is 12.0 Å². The molecule has 162 valence electrons. The topological polar surface area (TPSA) is 72.8 Å². The van der Waals surface area contributed by atoms with Crippen LogP contribution in [0.25, 0.3) is 0 Å². The van der Waals surface area contributed by atoms with Crippen LogP contribution in [0.4, 0.5) is 4.39 Å². The van der Waals surface area contributed by atoms with Crippen molar-refractivity contribution in [2.45, 2.75) is 47.0 Å². The van der Waals surface area contributed by atoms with Gasteiger partial charge in [0.05, 0.1) is 18.8 Å². The number of carbonyl (C=O) groups is 2. The number of Topliss-reactive ketones (excluding diaryl/α,β-unsaturated/α-hetero) is 1. The summed E-state index contributed by atoms with van der Waals surface area (Å²) in [7, 11) is 0. The van der Waals surface area contributed by atoms with E-state index in [1.807, 2.05) is 39.8 Å². The molecule has 0 aliphatic heterocycles. The summed E-state index contributed by atoms with van der Waals surface area (Å²) in [4.78, 5) is 23.3. The van der Waals surface area contributed by atoms with E-state index in [-0.39, 0.29) is 5.78 Å². The second-order valence-electron chi connectivity index (χ2n) is 7.73. The third-order valence-corrected chi connectivity index (χ3v) is 4.86. The normalized spacial score (nSPS) is 10.9. The number of carboxylic acid groups (broad SMARTS) is 1. The van der Waals surface area contributed by atoms with E-state index in [0.717, 1.165) is 34.9 Å². The Hall–Kier alpha value is -2.89. The van der Waals surface area contributed by atoms with Crippen LogP contribution in [0.2, 0.25) is 0 Å². The summed E-state index contributed by atoms with van der Waals surface area (Å²) in [6.07, 6.45) is 1.96. The number of rotatable bonds is 11. The number of halogens is 1. The molecule has 0 bridgehead atoms. The molecule has 0 saturated heterocycles. The summed E-state index contributed by atoms with van der Waals surface area (Å²) in [5, 5.41) is 8.94. The van der Waals surface area contributed by atoms with Gasteiger partial charge in [0.1, 0.15) is 17.3 Å². The van der Waals surface area contributed by atoms with Gasteiger partial charge in [-0.25, -0.2) is 9.18 Å². The van der Waals surface area contributed by atoms with Gasteiger partial charge in [-0.05, 0) is 74.1 Å². The zero-order chi connectivity index (χ0) is 22.3. The molecule has 0 fully saturated rings. The summed E-state index contributed by atoms with van der Waals surface area (Å²) >= 11 is 0. The molecule has 0 amide bonds. The fourth-order valence-electron chi connectivity index (χ4n) is 3.07. The minimum Gasteiger partial charge on any atom is -0.494 e. The molecule has 2 aromatic carbocycles. The predicted octanol–water partition coefficient (Wildman–Crippen LogP) is 5.61. The van der Waals surface area contributed by atoms with E-state index < -0.39 is 17.3 Å². The van der Waals surface area contributed by atoms with Crippen molar-refractivity contribution < 1.29 is 28.6 Å². The first-order chi connectivity index (χ1) is 14.2. The summed E-state index contributed by atoms with van der Waals surface area (Å²) < 4.78 is 24.7. The molecule has 0 aliphatic rings. The van der Waals surface area contributed by atoms with Crippen molar-refractivity contribution in [3.8, 4) is 11.5 Å². The Morgan fingerprint density at radius 2 is 1.63 bits per heavy atom. The van der Waals surface area contributed by atoms with Crippen LogP contribution in [0.1, 0.15) is 65.0 Å². The highest BCUT2D eigenvalue weighted by Crippen LogP contribution is 2.26. The maximum absolute atomic E-state index is 13.4. The fraction of sp³-hybridized carbons (Fsp3) is 0.417. The van der Waals surface area contributed by atoms with Gasteiger partial charge in [-0.2, -0.15) is 0 Å². The molecule has 2 rings (SSSR count). The maximum atomic E-state index is 13.4. The Bertz CT molecular complexity index is 905. The molecule has 0 atom stereocenters. The first-order valence-corrected chi connectivity index (χ1v) is 10.1. The van der Waals surface area contributed by atoms with Crippen LogP contribution in [0.3, 0.4) is 0 Å². The Morgan fingerprint density at radius 1 is 0.967 bits per heavy atom. The number of hydrogen-bond donors (Lipinski definition) is 1. The van der Waals surface area contributed by atoms with Crippen molar-refractivity contribution >= 4 is 11.8 Å². The predicted molar refractivity (Wildman–Crippen MR) is 113 cm³/mol. The molecular formula is C24H29FO5. The maximum Gasteiger partial charge on any atom is 0.338 e. The Morgan fingerprint density at radius 3 is 2.27 bits per heavy atom. The van der Waals surface area contributed by atoms with E-state index in [1.54, 1.807) is 0 Å². The van der Waals surface area contributed by atoms with Crippen molar-refractivity contribution in [3.63, 3.8) is 0 Å². The summed E-state index contributed by atoms with van der Waals surface area (Å²) in [6.45, 7) is 8.82. The highest BCUT2D eigenvalue weighted by molar-refractivity contribution is 5.98. The first kappa shape index (κ1) is 23.4. The molecule has 0 saturated carbocycles. The van der Waals surface area contributed by atoms with Crippen LogP contribution in [-0.2, 0) is 0 Å². The van der Waals surface area contributed by atoms with E-state index in [0.29, 0.717) is 37.7 Å². The lowest BCUT2D eigenvalue weighted by atomic mass is 9.95. The number of hydrogen-bond acceptors (Lipinski definition) is 4. The third kappa shape index (κ3) is 6.31. The van der Waals surface area contributed by atoms with Gasteiger partial charge >= 0.3 is 5.97 Å². The molecule has 1 N–H and O–H groups in total. The highest BCUT2D eigenvalue weighted by atomic mass is 19.1. The summed E-state index contributed by atoms with van der Waals surface area (Å²) in [5.41, 5.74) is 2.26. The second kappa shape index (κ2) is 10.8. The molecule has 0 heterocycles. The lowest BCUT2D eigenvalue weighted by molar-refractivity contribution is 0.0691. The van der Waals surface area contributed by atoms with Gasteiger partial charge < -0.3 is 14.6 Å². The fourth-order valence-corrected chi connectivity index (χ4v) is 3.07. The minimum absolute atomic E-state index is 0.154. The van der Waals surface area contributed by atoms with Crippen molar-refractivity contribution in [2.24, 2.45) is 5.92 Å². The number of carbonyl (C=O) groups excluding carboxylic acids is 1. The smallest absolute Gasteiger partial charge is 0.338 e. The highest BCUT2D eigenvalue weighted by Gasteiger charge is 2.15. The van der Waals surface area contributed by atoms with E-state index in [2.05, 4.69) is 0 Å². The van der Waals surface area contributed by atoms with Gasteiger partial charge in [-0.1, -0.05) is 13.8 Å². The number of aromatic carboxylic acids is 1. The average molecular weight is 416 g/mol. The SMILES string of the molecule is Cc1c(OCCCCOc2ccc(F)c(C(=O)O)c2)ccc(C(=O)CC(C)C)c1C. The van der Waals surface area contributed by atoms with Gasteiger partial charge in [-0.3, -0.25) is 4.79 Å². The zero-order valence-electron chi connectivity index (χ0n) is 18.0. The van der Waals surface area contributed by atoms with E-state index >= 15 is 0 Å². The van der Waals surface area contributed by atoms with Crippen LogP contribution < -0.4 is 9.47 Å². The van der Waals surface area contributed by atoms with E-state index in [1.165, 1.54) is 12.1 Å². The average Bonchev–Trinajstić information content (AvgIpc) is 2.68. The number of ether oxygens (including phenoxy) is 2. The minimum atomic E-state index is -1.33. The van der Waals surface area contributed by atoms with Crippen LogP contribution in [0, 0.1) is 25.6 Å². The van der Waals surface area contributed by atoms with Gasteiger partial charge in [0.2, 0.25) is 0 Å². The molecule has 6 heteroatoms. The molecule has 0 radical (unpaired) electrons. The van der Waals surface area contributed by atoms with Crippen molar-refractivity contribution in [2.75, 3.05) is 13.2 Å². The largest absolute Gasteiger partial charge is 0.494 e. The van der Waals surface area contributed by atoms with E-state index in [9.17, 15) is 14.0 Å². The van der Waals surface area contributed by atoms with Crippen LogP contribution in [0.5, 0.6) is 11.5 Å². The van der Waals surface area contributed by atoms with E-state index in [4.69, 9.17) is 14.6 Å². The third-order valence-electron chi connectivity index (χ3n) is 4.86. The lowest BCUT2D eigenvalue weighted by Gasteiger charge is -2.15. The van der Waals surface area contributed by atoms with Gasteiger partial charge in [0.25, 0.3) is 0 Å². The monoisotopic (exact) mass is 416 g/mol.